The van der Waals surface area contributed by atoms with E-state index in [1.54, 1.807) is 18.2 Å². The summed E-state index contributed by atoms with van der Waals surface area (Å²) in [6.45, 7) is 0. The summed E-state index contributed by atoms with van der Waals surface area (Å²) in [5.74, 6) is 0.553. The van der Waals surface area contributed by atoms with Crippen molar-refractivity contribution >= 4 is 33.3 Å². The molecule has 1 heterocycles. The molecule has 0 amide bonds. The summed E-state index contributed by atoms with van der Waals surface area (Å²) in [4.78, 5) is 0.0977. The van der Waals surface area contributed by atoms with Crippen molar-refractivity contribution in [2.24, 2.45) is 5.10 Å². The van der Waals surface area contributed by atoms with Gasteiger partial charge in [0.05, 0.1) is 25.2 Å². The molecule has 0 spiro atoms. The van der Waals surface area contributed by atoms with Crippen LogP contribution in [0.5, 0.6) is 0 Å². The molecule has 0 saturated carbocycles. The van der Waals surface area contributed by atoms with Gasteiger partial charge in [0.1, 0.15) is 0 Å². The largest absolute Gasteiger partial charge is 0.481 e. The third-order valence-corrected chi connectivity index (χ3v) is 5.52. The maximum absolute atomic E-state index is 12.9. The van der Waals surface area contributed by atoms with E-state index in [1.807, 2.05) is 30.3 Å². The summed E-state index contributed by atoms with van der Waals surface area (Å²) < 4.78 is 38.4. The van der Waals surface area contributed by atoms with Crippen LogP contribution in [0, 0.1) is 0 Å². The Balaban J connectivity index is 1.78. The molecule has 0 fully saturated rings. The molecule has 0 saturated heterocycles. The van der Waals surface area contributed by atoms with Crippen LogP contribution in [-0.4, -0.2) is 38.9 Å². The molecule has 0 radical (unpaired) electrons. The first kappa shape index (κ1) is 20.4. The molecule has 2 aromatic rings. The number of sulfonamides is 1. The lowest BCUT2D eigenvalue weighted by Crippen LogP contribution is -2.53. The van der Waals surface area contributed by atoms with Gasteiger partial charge in [-0.3, -0.25) is 4.72 Å². The molecule has 0 bridgehead atoms. The Morgan fingerprint density at radius 2 is 1.76 bits per heavy atom. The van der Waals surface area contributed by atoms with Crippen molar-refractivity contribution in [2.75, 3.05) is 14.2 Å². The van der Waals surface area contributed by atoms with Crippen LogP contribution in [0.3, 0.4) is 0 Å². The van der Waals surface area contributed by atoms with Crippen molar-refractivity contribution in [1.29, 1.82) is 0 Å². The molecule has 0 atom stereocenters. The maximum Gasteiger partial charge on any atom is 0.264 e. The van der Waals surface area contributed by atoms with Crippen molar-refractivity contribution < 1.29 is 17.9 Å². The summed E-state index contributed by atoms with van der Waals surface area (Å²) in [5.41, 5.74) is 6.67. The number of nitrogens with zero attached hydrogens (tertiary/aromatic N) is 2. The van der Waals surface area contributed by atoms with Crippen LogP contribution < -0.4 is 15.6 Å². The highest BCUT2D eigenvalue weighted by Crippen LogP contribution is 2.26. The highest BCUT2D eigenvalue weighted by molar-refractivity contribution is 7.92. The number of thiocarbonyl (C=S) groups is 1. The van der Waals surface area contributed by atoms with Crippen molar-refractivity contribution in [1.82, 2.24) is 20.8 Å². The van der Waals surface area contributed by atoms with Crippen molar-refractivity contribution in [2.45, 2.75) is 4.90 Å². The van der Waals surface area contributed by atoms with E-state index in [-0.39, 0.29) is 15.9 Å². The minimum atomic E-state index is -3.96. The molecule has 3 rings (SSSR count). The number of hydrazone groups is 1. The Bertz CT molecular complexity index is 1050. The number of methoxy groups -OCH3 is 2. The first-order valence-electron chi connectivity index (χ1n) is 8.36. The smallest absolute Gasteiger partial charge is 0.264 e. The van der Waals surface area contributed by atoms with E-state index in [4.69, 9.17) is 21.7 Å². The Morgan fingerprint density at radius 1 is 1.07 bits per heavy atom. The monoisotopic (exact) mass is 433 g/mol. The molecule has 152 valence electrons. The van der Waals surface area contributed by atoms with Gasteiger partial charge < -0.3 is 9.47 Å². The van der Waals surface area contributed by atoms with Gasteiger partial charge >= 0.3 is 0 Å². The first-order valence-corrected chi connectivity index (χ1v) is 10.2. The van der Waals surface area contributed by atoms with Crippen LogP contribution in [0.25, 0.3) is 11.1 Å². The Labute approximate surface area is 174 Å². The molecular weight excluding hydrogens is 414 g/mol. The molecule has 1 aliphatic heterocycles. The standard InChI is InChI=1S/C18H19N5O4S2/c1-26-16-12-17(27-2)20-23(19-16)21-18(28)22-29(24,25)15-11-7-6-10-14(15)13-8-4-3-5-9-13/h3-12,19H,1-2H3,(H2,21,22,28). The fourth-order valence-electron chi connectivity index (χ4n) is 2.51. The summed E-state index contributed by atoms with van der Waals surface area (Å²) in [6, 6.07) is 15.9. The summed E-state index contributed by atoms with van der Waals surface area (Å²) in [6.07, 6.45) is 1.52. The molecular formula is C18H19N5O4S2. The van der Waals surface area contributed by atoms with Gasteiger partial charge in [-0.15, -0.1) is 5.23 Å². The van der Waals surface area contributed by atoms with Gasteiger partial charge in [-0.05, 0) is 23.8 Å². The highest BCUT2D eigenvalue weighted by Gasteiger charge is 2.22. The number of hydrogen-bond donors (Lipinski definition) is 3. The fraction of sp³-hybridized carbons (Fsp3) is 0.111. The van der Waals surface area contributed by atoms with E-state index >= 15 is 0 Å². The van der Waals surface area contributed by atoms with Gasteiger partial charge in [0.25, 0.3) is 10.0 Å². The first-order chi connectivity index (χ1) is 13.9. The van der Waals surface area contributed by atoms with Crippen LogP contribution >= 0.6 is 12.2 Å². The van der Waals surface area contributed by atoms with Crippen molar-refractivity contribution in [3.63, 3.8) is 0 Å². The van der Waals surface area contributed by atoms with Crippen LogP contribution in [-0.2, 0) is 19.5 Å². The normalized spacial score (nSPS) is 13.5. The lowest BCUT2D eigenvalue weighted by atomic mass is 10.1. The predicted octanol–water partition coefficient (Wildman–Crippen LogP) is 1.69. The van der Waals surface area contributed by atoms with Gasteiger partial charge in [-0.1, -0.05) is 53.6 Å². The van der Waals surface area contributed by atoms with Crippen molar-refractivity contribution in [3.8, 4) is 11.1 Å². The predicted molar refractivity (Wildman–Crippen MR) is 112 cm³/mol. The highest BCUT2D eigenvalue weighted by atomic mass is 32.2. The number of hydrazine groups is 2. The summed E-state index contributed by atoms with van der Waals surface area (Å²) in [5, 5.41) is 4.91. The zero-order valence-corrected chi connectivity index (χ0v) is 17.3. The summed E-state index contributed by atoms with van der Waals surface area (Å²) >= 11 is 5.14. The number of ether oxygens (including phenoxy) is 2. The van der Waals surface area contributed by atoms with E-state index in [0.717, 1.165) is 10.8 Å². The second kappa shape index (κ2) is 8.80. The fourth-order valence-corrected chi connectivity index (χ4v) is 4.06. The molecule has 0 aliphatic carbocycles. The minimum Gasteiger partial charge on any atom is -0.481 e. The molecule has 9 nitrogen and oxygen atoms in total. The Morgan fingerprint density at radius 3 is 2.45 bits per heavy atom. The molecule has 11 heteroatoms. The molecule has 29 heavy (non-hydrogen) atoms. The second-order valence-electron chi connectivity index (χ2n) is 5.69. The second-order valence-corrected chi connectivity index (χ2v) is 7.75. The average molecular weight is 434 g/mol. The SMILES string of the molecule is COC1=CC(OC)=NN(NC(=S)NS(=O)(=O)c2ccccc2-c2ccccc2)N1. The molecule has 0 unspecified atom stereocenters. The quantitative estimate of drug-likeness (QED) is 0.612. The zero-order valence-electron chi connectivity index (χ0n) is 15.6. The lowest BCUT2D eigenvalue weighted by molar-refractivity contribution is 0.109. The zero-order chi connectivity index (χ0) is 20.9. The molecule has 1 aliphatic rings. The number of rotatable bonds is 5. The van der Waals surface area contributed by atoms with Gasteiger partial charge in [0.2, 0.25) is 16.9 Å². The van der Waals surface area contributed by atoms with E-state index in [2.05, 4.69) is 20.7 Å². The van der Waals surface area contributed by atoms with Crippen LogP contribution in [0.15, 0.2) is 76.6 Å². The third kappa shape index (κ3) is 4.95. The van der Waals surface area contributed by atoms with Gasteiger partial charge in [-0.2, -0.15) is 0 Å². The minimum absolute atomic E-state index is 0.0977. The lowest BCUT2D eigenvalue weighted by Gasteiger charge is -2.26. The maximum atomic E-state index is 12.9. The Hall–Kier alpha value is -3.31. The van der Waals surface area contributed by atoms with E-state index in [0.29, 0.717) is 11.4 Å². The number of benzene rings is 2. The van der Waals surface area contributed by atoms with Gasteiger partial charge in [0, 0.05) is 5.56 Å². The van der Waals surface area contributed by atoms with E-state index in [9.17, 15) is 8.42 Å². The van der Waals surface area contributed by atoms with Gasteiger partial charge in [0.15, 0.2) is 0 Å². The van der Waals surface area contributed by atoms with E-state index < -0.39 is 10.0 Å². The van der Waals surface area contributed by atoms with Crippen LogP contribution in [0.4, 0.5) is 0 Å². The average Bonchev–Trinajstić information content (AvgIpc) is 2.73. The molecule has 3 N–H and O–H groups in total. The summed E-state index contributed by atoms with van der Waals surface area (Å²) in [7, 11) is -1.07. The van der Waals surface area contributed by atoms with E-state index in [1.165, 1.54) is 26.4 Å². The van der Waals surface area contributed by atoms with Crippen molar-refractivity contribution in [3.05, 3.63) is 66.6 Å². The third-order valence-electron chi connectivity index (χ3n) is 3.79. The Kier molecular flexibility index (Phi) is 6.20. The van der Waals surface area contributed by atoms with Gasteiger partial charge in [-0.25, -0.2) is 19.3 Å². The number of hydrogen-bond acceptors (Lipinski definition) is 8. The van der Waals surface area contributed by atoms with Crippen LogP contribution in [0.2, 0.25) is 0 Å². The van der Waals surface area contributed by atoms with Crippen LogP contribution in [0.1, 0.15) is 0 Å². The topological polar surface area (TPSA) is 104 Å². The molecule has 0 aromatic heterocycles. The number of nitrogens with one attached hydrogen (secondary N) is 3. The molecule has 2 aromatic carbocycles.